The lowest BCUT2D eigenvalue weighted by Crippen LogP contribution is -2.44. The van der Waals surface area contributed by atoms with Gasteiger partial charge in [0.25, 0.3) is 11.6 Å². The minimum atomic E-state index is -0.530. The molecule has 1 aliphatic carbocycles. The Kier molecular flexibility index (Phi) is 4.09. The molecular weight excluding hydrogens is 270 g/mol. The van der Waals surface area contributed by atoms with Crippen LogP contribution in [0.3, 0.4) is 0 Å². The number of carbonyl (C=O) groups is 1. The number of halogens is 1. The van der Waals surface area contributed by atoms with E-state index in [0.717, 1.165) is 25.7 Å². The van der Waals surface area contributed by atoms with Crippen LogP contribution in [0.25, 0.3) is 0 Å². The van der Waals surface area contributed by atoms with Gasteiger partial charge in [0.1, 0.15) is 5.69 Å². The summed E-state index contributed by atoms with van der Waals surface area (Å²) in [7, 11) is 1.69. The topological polar surface area (TPSA) is 79.2 Å². The molecule has 7 heteroatoms. The van der Waals surface area contributed by atoms with Gasteiger partial charge in [-0.15, -0.1) is 11.6 Å². The largest absolute Gasteiger partial charge is 0.351 e. The van der Waals surface area contributed by atoms with E-state index < -0.39 is 4.92 Å². The van der Waals surface area contributed by atoms with Crippen LogP contribution in [0.1, 0.15) is 36.2 Å². The van der Waals surface area contributed by atoms with Gasteiger partial charge in [-0.3, -0.25) is 14.9 Å². The number of carbonyl (C=O) groups excluding carboxylic acids is 1. The first kappa shape index (κ1) is 13.9. The van der Waals surface area contributed by atoms with E-state index in [4.69, 9.17) is 11.6 Å². The minimum absolute atomic E-state index is 0.00901. The summed E-state index contributed by atoms with van der Waals surface area (Å²) in [5.41, 5.74) is 0.117. The first-order chi connectivity index (χ1) is 9.00. The van der Waals surface area contributed by atoms with Crippen molar-refractivity contribution in [1.82, 2.24) is 9.88 Å². The third-order valence-corrected chi connectivity index (χ3v) is 4.08. The van der Waals surface area contributed by atoms with Crippen LogP contribution in [0.5, 0.6) is 0 Å². The Morgan fingerprint density at radius 2 is 2.21 bits per heavy atom. The van der Waals surface area contributed by atoms with Crippen molar-refractivity contribution in [3.05, 3.63) is 28.1 Å². The summed E-state index contributed by atoms with van der Waals surface area (Å²) in [6.07, 6.45) is 5.13. The molecule has 2 unspecified atom stereocenters. The second-order valence-electron chi connectivity index (χ2n) is 4.81. The predicted octanol–water partition coefficient (Wildman–Crippen LogP) is 2.54. The Balaban J connectivity index is 2.11. The molecule has 1 fully saturated rings. The van der Waals surface area contributed by atoms with Gasteiger partial charge in [0.2, 0.25) is 0 Å². The third kappa shape index (κ3) is 2.89. The van der Waals surface area contributed by atoms with Crippen molar-refractivity contribution in [3.8, 4) is 0 Å². The fourth-order valence-corrected chi connectivity index (χ4v) is 2.90. The van der Waals surface area contributed by atoms with Crippen molar-refractivity contribution < 1.29 is 9.72 Å². The van der Waals surface area contributed by atoms with E-state index in [0.29, 0.717) is 0 Å². The number of amides is 1. The van der Waals surface area contributed by atoms with Gasteiger partial charge in [-0.2, -0.15) is 0 Å². The van der Waals surface area contributed by atoms with E-state index in [2.05, 4.69) is 4.98 Å². The number of nitrogens with zero attached hydrogens (tertiary/aromatic N) is 2. The summed E-state index contributed by atoms with van der Waals surface area (Å²) in [6.45, 7) is 0. The molecule has 1 heterocycles. The fraction of sp³-hybridized carbons (Fsp3) is 0.583. The van der Waals surface area contributed by atoms with Crippen LogP contribution in [-0.2, 0) is 0 Å². The van der Waals surface area contributed by atoms with E-state index in [1.165, 1.54) is 12.3 Å². The SMILES string of the molecule is CN(C(=O)c1cc([N+](=O)[O-])c[nH]1)C1CCCCC1Cl. The molecular formula is C12H16ClN3O3. The summed E-state index contributed by atoms with van der Waals surface area (Å²) >= 11 is 6.25. The summed E-state index contributed by atoms with van der Waals surface area (Å²) in [6, 6.07) is 1.25. The summed E-state index contributed by atoms with van der Waals surface area (Å²) < 4.78 is 0. The molecule has 1 aliphatic rings. The van der Waals surface area contributed by atoms with Crippen molar-refractivity contribution in [2.45, 2.75) is 37.1 Å². The maximum absolute atomic E-state index is 12.2. The quantitative estimate of drug-likeness (QED) is 0.526. The Hall–Kier alpha value is -1.56. The molecule has 0 aliphatic heterocycles. The number of aromatic amines is 1. The number of rotatable bonds is 3. The number of H-pyrrole nitrogens is 1. The summed E-state index contributed by atoms with van der Waals surface area (Å²) in [4.78, 5) is 26.5. The second-order valence-corrected chi connectivity index (χ2v) is 5.37. The molecule has 1 amide bonds. The zero-order valence-electron chi connectivity index (χ0n) is 10.6. The lowest BCUT2D eigenvalue weighted by molar-refractivity contribution is -0.384. The highest BCUT2D eigenvalue weighted by Crippen LogP contribution is 2.27. The maximum atomic E-state index is 12.2. The third-order valence-electron chi connectivity index (χ3n) is 3.57. The smallest absolute Gasteiger partial charge is 0.287 e. The van der Waals surface area contributed by atoms with Gasteiger partial charge >= 0.3 is 0 Å². The molecule has 1 saturated carbocycles. The molecule has 2 atom stereocenters. The molecule has 0 radical (unpaired) electrons. The molecule has 19 heavy (non-hydrogen) atoms. The van der Waals surface area contributed by atoms with Crippen LogP contribution in [0.4, 0.5) is 5.69 Å². The number of nitrogens with one attached hydrogen (secondary N) is 1. The molecule has 6 nitrogen and oxygen atoms in total. The number of nitro groups is 1. The van der Waals surface area contributed by atoms with Crippen LogP contribution in [0.15, 0.2) is 12.3 Å². The first-order valence-electron chi connectivity index (χ1n) is 6.24. The van der Waals surface area contributed by atoms with Gasteiger partial charge < -0.3 is 9.88 Å². The monoisotopic (exact) mass is 285 g/mol. The molecule has 1 aromatic rings. The Morgan fingerprint density at radius 3 is 2.79 bits per heavy atom. The number of hydrogen-bond acceptors (Lipinski definition) is 3. The van der Waals surface area contributed by atoms with Gasteiger partial charge in [0.05, 0.1) is 16.5 Å². The molecule has 2 rings (SSSR count). The van der Waals surface area contributed by atoms with E-state index in [-0.39, 0.29) is 28.7 Å². The van der Waals surface area contributed by atoms with E-state index in [1.54, 1.807) is 11.9 Å². The normalized spacial score (nSPS) is 23.1. The van der Waals surface area contributed by atoms with Gasteiger partial charge in [-0.1, -0.05) is 12.8 Å². The average Bonchev–Trinajstić information content (AvgIpc) is 2.87. The highest BCUT2D eigenvalue weighted by Gasteiger charge is 2.30. The number of aromatic nitrogens is 1. The van der Waals surface area contributed by atoms with Crippen molar-refractivity contribution in [2.24, 2.45) is 0 Å². The van der Waals surface area contributed by atoms with Gasteiger partial charge in [-0.25, -0.2) is 0 Å². The average molecular weight is 286 g/mol. The standard InChI is InChI=1S/C12H16ClN3O3/c1-15(11-5-3-2-4-9(11)13)12(17)10-6-8(7-14-10)16(18)19/h6-7,9,11,14H,2-5H2,1H3. The van der Waals surface area contributed by atoms with E-state index >= 15 is 0 Å². The lowest BCUT2D eigenvalue weighted by Gasteiger charge is -2.34. The number of alkyl halides is 1. The number of hydrogen-bond donors (Lipinski definition) is 1. The van der Waals surface area contributed by atoms with Crippen LogP contribution < -0.4 is 0 Å². The Labute approximate surface area is 115 Å². The van der Waals surface area contributed by atoms with Gasteiger partial charge in [0.15, 0.2) is 0 Å². The molecule has 0 spiro atoms. The van der Waals surface area contributed by atoms with Gasteiger partial charge in [-0.05, 0) is 12.8 Å². The first-order valence-corrected chi connectivity index (χ1v) is 6.68. The van der Waals surface area contributed by atoms with Crippen LogP contribution >= 0.6 is 11.6 Å². The Morgan fingerprint density at radius 1 is 1.53 bits per heavy atom. The molecule has 0 saturated heterocycles. The molecule has 0 aromatic carbocycles. The molecule has 1 N–H and O–H groups in total. The van der Waals surface area contributed by atoms with Crippen molar-refractivity contribution in [1.29, 1.82) is 0 Å². The van der Waals surface area contributed by atoms with Crippen molar-refractivity contribution in [3.63, 3.8) is 0 Å². The maximum Gasteiger partial charge on any atom is 0.287 e. The molecule has 104 valence electrons. The summed E-state index contributed by atoms with van der Waals surface area (Å²) in [5.74, 6) is -0.259. The second kappa shape index (κ2) is 5.61. The lowest BCUT2D eigenvalue weighted by atomic mass is 9.94. The predicted molar refractivity (Wildman–Crippen MR) is 71.4 cm³/mol. The van der Waals surface area contributed by atoms with Crippen LogP contribution in [0.2, 0.25) is 0 Å². The molecule has 0 bridgehead atoms. The zero-order chi connectivity index (χ0) is 14.0. The van der Waals surface area contributed by atoms with E-state index in [1.807, 2.05) is 0 Å². The highest BCUT2D eigenvalue weighted by molar-refractivity contribution is 6.21. The van der Waals surface area contributed by atoms with Crippen molar-refractivity contribution in [2.75, 3.05) is 7.05 Å². The minimum Gasteiger partial charge on any atom is -0.351 e. The Bertz CT molecular complexity index is 488. The van der Waals surface area contributed by atoms with Gasteiger partial charge in [0, 0.05) is 19.2 Å². The fourth-order valence-electron chi connectivity index (χ4n) is 2.45. The highest BCUT2D eigenvalue weighted by atomic mass is 35.5. The summed E-state index contributed by atoms with van der Waals surface area (Å²) in [5, 5.41) is 10.6. The van der Waals surface area contributed by atoms with Crippen LogP contribution in [-0.4, -0.2) is 39.2 Å². The van der Waals surface area contributed by atoms with Crippen LogP contribution in [0, 0.1) is 10.1 Å². The molecule has 1 aromatic heterocycles. The van der Waals surface area contributed by atoms with E-state index in [9.17, 15) is 14.9 Å². The zero-order valence-corrected chi connectivity index (χ0v) is 11.4. The van der Waals surface area contributed by atoms with Crippen molar-refractivity contribution >= 4 is 23.2 Å².